The molecule has 1 aliphatic rings. The molecule has 1 saturated heterocycles. The minimum Gasteiger partial charge on any atom is -0.447 e. The number of oxazole rings is 1. The smallest absolute Gasteiger partial charge is 0.212 e. The van der Waals surface area contributed by atoms with Crippen LogP contribution < -0.4 is 5.32 Å². The molecule has 0 bridgehead atoms. The summed E-state index contributed by atoms with van der Waals surface area (Å²) in [6, 6.07) is 0.235. The lowest BCUT2D eigenvalue weighted by Gasteiger charge is -2.17. The average Bonchev–Trinajstić information content (AvgIpc) is 2.58. The quantitative estimate of drug-likeness (QED) is 0.610. The van der Waals surface area contributed by atoms with Gasteiger partial charge in [-0.3, -0.25) is 0 Å². The largest absolute Gasteiger partial charge is 0.447 e. The Morgan fingerprint density at radius 1 is 1.45 bits per heavy atom. The van der Waals surface area contributed by atoms with Crippen LogP contribution >= 0.6 is 0 Å². The molecule has 1 radical (unpaired) electrons. The van der Waals surface area contributed by atoms with Crippen molar-refractivity contribution in [2.75, 3.05) is 6.54 Å². The number of aromatic nitrogens is 1. The Balaban J connectivity index is 2.04. The highest BCUT2D eigenvalue weighted by molar-refractivity contribution is 4.91. The van der Waals surface area contributed by atoms with Crippen molar-refractivity contribution in [2.45, 2.75) is 25.3 Å². The fourth-order valence-electron chi connectivity index (χ4n) is 1.39. The molecule has 0 N–H and O–H groups in total. The second-order valence-corrected chi connectivity index (χ2v) is 2.79. The van der Waals surface area contributed by atoms with Gasteiger partial charge in [-0.2, -0.15) is 0 Å². The van der Waals surface area contributed by atoms with Crippen LogP contribution in [0.1, 0.15) is 31.2 Å². The van der Waals surface area contributed by atoms with E-state index < -0.39 is 0 Å². The van der Waals surface area contributed by atoms with Crippen LogP contribution in [0.25, 0.3) is 0 Å². The fourth-order valence-corrected chi connectivity index (χ4v) is 1.39. The van der Waals surface area contributed by atoms with E-state index in [9.17, 15) is 0 Å². The van der Waals surface area contributed by atoms with Gasteiger partial charge in [0.15, 0.2) is 0 Å². The first kappa shape index (κ1) is 6.85. The molecule has 2 heterocycles. The van der Waals surface area contributed by atoms with Crippen molar-refractivity contribution in [3.8, 4) is 0 Å². The topological polar surface area (TPSA) is 40.1 Å². The maximum Gasteiger partial charge on any atom is 0.212 e. The highest BCUT2D eigenvalue weighted by Crippen LogP contribution is 2.22. The molecule has 0 aliphatic carbocycles. The van der Waals surface area contributed by atoms with Crippen molar-refractivity contribution in [2.24, 2.45) is 0 Å². The molecular weight excluding hydrogens is 140 g/mol. The second-order valence-electron chi connectivity index (χ2n) is 2.79. The Kier molecular flexibility index (Phi) is 1.90. The van der Waals surface area contributed by atoms with Crippen LogP contribution in [0.4, 0.5) is 0 Å². The first-order valence-electron chi connectivity index (χ1n) is 4.03. The molecule has 0 amide bonds. The zero-order chi connectivity index (χ0) is 7.52. The highest BCUT2D eigenvalue weighted by Gasteiger charge is 2.19. The minimum atomic E-state index is 0.235. The van der Waals surface area contributed by atoms with E-state index in [2.05, 4.69) is 10.3 Å². The van der Waals surface area contributed by atoms with Crippen LogP contribution in [0, 0.1) is 0 Å². The molecular formula is C8H11N2O. The van der Waals surface area contributed by atoms with Crippen LogP contribution in [0.5, 0.6) is 0 Å². The number of nitrogens with zero attached hydrogens (tertiary/aromatic N) is 2. The molecule has 1 fully saturated rings. The Morgan fingerprint density at radius 3 is 3.09 bits per heavy atom. The lowest BCUT2D eigenvalue weighted by molar-refractivity contribution is 0.332. The van der Waals surface area contributed by atoms with E-state index in [-0.39, 0.29) is 6.04 Å². The number of piperidine rings is 1. The van der Waals surface area contributed by atoms with Crippen LogP contribution in [0.15, 0.2) is 16.9 Å². The van der Waals surface area contributed by atoms with Gasteiger partial charge >= 0.3 is 0 Å². The van der Waals surface area contributed by atoms with Gasteiger partial charge in [0.2, 0.25) is 5.89 Å². The molecule has 0 saturated carbocycles. The summed E-state index contributed by atoms with van der Waals surface area (Å²) in [6.07, 6.45) is 6.85. The van der Waals surface area contributed by atoms with E-state index in [4.69, 9.17) is 4.42 Å². The van der Waals surface area contributed by atoms with Crippen molar-refractivity contribution in [1.82, 2.24) is 10.3 Å². The average molecular weight is 151 g/mol. The Morgan fingerprint density at radius 2 is 2.45 bits per heavy atom. The summed E-state index contributed by atoms with van der Waals surface area (Å²) in [5.74, 6) is 0.782. The normalized spacial score (nSPS) is 25.3. The summed E-state index contributed by atoms with van der Waals surface area (Å²) in [6.45, 7) is 0.965. The first-order chi connectivity index (χ1) is 5.47. The molecule has 0 spiro atoms. The molecule has 1 aliphatic heterocycles. The van der Waals surface area contributed by atoms with E-state index in [0.717, 1.165) is 18.9 Å². The van der Waals surface area contributed by atoms with Gasteiger partial charge < -0.3 is 4.42 Å². The maximum atomic E-state index is 5.17. The number of rotatable bonds is 1. The van der Waals surface area contributed by atoms with Crippen molar-refractivity contribution in [3.63, 3.8) is 0 Å². The van der Waals surface area contributed by atoms with Crippen LogP contribution in [-0.2, 0) is 0 Å². The van der Waals surface area contributed by atoms with Crippen LogP contribution in [0.2, 0.25) is 0 Å². The minimum absolute atomic E-state index is 0.235. The molecule has 1 atom stereocenters. The summed E-state index contributed by atoms with van der Waals surface area (Å²) in [7, 11) is 0. The van der Waals surface area contributed by atoms with Crippen molar-refractivity contribution in [1.29, 1.82) is 0 Å². The van der Waals surface area contributed by atoms with Gasteiger partial charge in [0.1, 0.15) is 12.3 Å². The monoisotopic (exact) mass is 151 g/mol. The van der Waals surface area contributed by atoms with E-state index in [1.54, 1.807) is 12.5 Å². The Hall–Kier alpha value is -0.830. The van der Waals surface area contributed by atoms with E-state index >= 15 is 0 Å². The molecule has 0 unspecified atom stereocenters. The third-order valence-electron chi connectivity index (χ3n) is 1.97. The van der Waals surface area contributed by atoms with Crippen LogP contribution in [-0.4, -0.2) is 11.5 Å². The molecule has 59 valence electrons. The van der Waals surface area contributed by atoms with Gasteiger partial charge in [0.05, 0.1) is 6.20 Å². The van der Waals surface area contributed by atoms with Crippen molar-refractivity contribution in [3.05, 3.63) is 18.4 Å². The molecule has 11 heavy (non-hydrogen) atoms. The molecule has 3 heteroatoms. The lowest BCUT2D eigenvalue weighted by Crippen LogP contribution is -2.20. The first-order valence-corrected chi connectivity index (χ1v) is 4.03. The molecule has 1 aromatic heterocycles. The van der Waals surface area contributed by atoms with E-state index in [0.29, 0.717) is 0 Å². The predicted molar refractivity (Wildman–Crippen MR) is 40.1 cm³/mol. The van der Waals surface area contributed by atoms with Crippen LogP contribution in [0.3, 0.4) is 0 Å². The van der Waals surface area contributed by atoms with Gasteiger partial charge in [-0.25, -0.2) is 10.3 Å². The molecule has 1 aromatic rings. The van der Waals surface area contributed by atoms with Gasteiger partial charge in [-0.05, 0) is 19.3 Å². The van der Waals surface area contributed by atoms with Gasteiger partial charge in [0, 0.05) is 6.54 Å². The summed E-state index contributed by atoms with van der Waals surface area (Å²) in [5, 5.41) is 4.42. The van der Waals surface area contributed by atoms with Gasteiger partial charge in [0.25, 0.3) is 0 Å². The molecule has 3 nitrogen and oxygen atoms in total. The zero-order valence-electron chi connectivity index (χ0n) is 6.36. The number of hydrogen-bond donors (Lipinski definition) is 0. The molecule has 0 aromatic carbocycles. The SMILES string of the molecule is c1coc([C@@H]2CCCC[N]2)n1. The lowest BCUT2D eigenvalue weighted by atomic mass is 10.1. The summed E-state index contributed by atoms with van der Waals surface area (Å²) >= 11 is 0. The van der Waals surface area contributed by atoms with Gasteiger partial charge in [-0.1, -0.05) is 0 Å². The van der Waals surface area contributed by atoms with E-state index in [1.165, 1.54) is 12.8 Å². The molecule has 2 rings (SSSR count). The maximum absolute atomic E-state index is 5.17. The summed E-state index contributed by atoms with van der Waals surface area (Å²) in [4.78, 5) is 4.08. The van der Waals surface area contributed by atoms with E-state index in [1.807, 2.05) is 0 Å². The predicted octanol–water partition coefficient (Wildman–Crippen LogP) is 1.50. The van der Waals surface area contributed by atoms with Crippen molar-refractivity contribution >= 4 is 0 Å². The Labute approximate surface area is 65.8 Å². The summed E-state index contributed by atoms with van der Waals surface area (Å²) in [5.41, 5.74) is 0. The van der Waals surface area contributed by atoms with Crippen molar-refractivity contribution < 1.29 is 4.42 Å². The highest BCUT2D eigenvalue weighted by atomic mass is 16.3. The summed E-state index contributed by atoms with van der Waals surface area (Å²) < 4.78 is 5.17. The number of hydrogen-bond acceptors (Lipinski definition) is 2. The fraction of sp³-hybridized carbons (Fsp3) is 0.625. The second kappa shape index (κ2) is 3.05. The Bertz CT molecular complexity index is 202. The standard InChI is InChI=1S/C8H11N2O/c1-2-4-9-7(3-1)8-10-5-6-11-8/h5-7H,1-4H2/t7-/m0/s1. The third kappa shape index (κ3) is 1.43. The zero-order valence-corrected chi connectivity index (χ0v) is 6.36. The van der Waals surface area contributed by atoms with Gasteiger partial charge in [-0.15, -0.1) is 0 Å². The third-order valence-corrected chi connectivity index (χ3v) is 1.97.